The molecule has 0 heterocycles. The monoisotopic (exact) mass is 291 g/mol. The highest BCUT2D eigenvalue weighted by Crippen LogP contribution is 2.19. The number of benzene rings is 2. The van der Waals surface area contributed by atoms with E-state index in [0.29, 0.717) is 11.3 Å². The van der Waals surface area contributed by atoms with Crippen molar-refractivity contribution in [3.63, 3.8) is 0 Å². The normalized spacial score (nSPS) is 10.7. The molecule has 2 aromatic rings. The zero-order valence-corrected chi connectivity index (χ0v) is 10.9. The lowest BCUT2D eigenvalue weighted by Crippen LogP contribution is -2.22. The van der Waals surface area contributed by atoms with Crippen molar-refractivity contribution in [2.75, 3.05) is 5.43 Å². The minimum Gasteiger partial charge on any atom is -0.545 e. The number of carbonyl (C=O) groups excluding carboxylic acids is 1. The fraction of sp³-hybridized carbons (Fsp3) is 0. The van der Waals surface area contributed by atoms with Gasteiger partial charge in [0.1, 0.15) is 5.82 Å². The van der Waals surface area contributed by atoms with Gasteiger partial charge in [-0.15, -0.1) is 0 Å². The molecule has 0 saturated heterocycles. The fourth-order valence-corrected chi connectivity index (χ4v) is 1.68. The van der Waals surface area contributed by atoms with Crippen LogP contribution in [0.25, 0.3) is 0 Å². The average molecular weight is 292 g/mol. The maximum atomic E-state index is 12.7. The predicted molar refractivity (Wildman–Crippen MR) is 73.4 cm³/mol. The van der Waals surface area contributed by atoms with Gasteiger partial charge in [-0.3, -0.25) is 5.43 Å². The van der Waals surface area contributed by atoms with E-state index in [2.05, 4.69) is 10.5 Å². The van der Waals surface area contributed by atoms with Crippen LogP contribution in [0.15, 0.2) is 47.6 Å². The van der Waals surface area contributed by atoms with Crippen molar-refractivity contribution in [2.45, 2.75) is 0 Å². The van der Waals surface area contributed by atoms with Gasteiger partial charge in [0.25, 0.3) is 0 Å². The van der Waals surface area contributed by atoms with Gasteiger partial charge >= 0.3 is 0 Å². The van der Waals surface area contributed by atoms with Gasteiger partial charge in [0.2, 0.25) is 0 Å². The molecule has 102 valence electrons. The van der Waals surface area contributed by atoms with Crippen molar-refractivity contribution in [1.82, 2.24) is 0 Å². The van der Waals surface area contributed by atoms with Crippen LogP contribution in [0.1, 0.15) is 15.9 Å². The number of nitrogens with zero attached hydrogens (tertiary/aromatic N) is 1. The number of halogens is 2. The van der Waals surface area contributed by atoms with Crippen LogP contribution in [0.3, 0.4) is 0 Å². The molecule has 0 aliphatic carbocycles. The van der Waals surface area contributed by atoms with Crippen molar-refractivity contribution in [3.05, 3.63) is 64.4 Å². The van der Waals surface area contributed by atoms with E-state index in [4.69, 9.17) is 11.6 Å². The van der Waals surface area contributed by atoms with Gasteiger partial charge in [0.05, 0.1) is 17.9 Å². The number of carboxylic acid groups (broad SMARTS) is 1. The van der Waals surface area contributed by atoms with Crippen molar-refractivity contribution >= 4 is 29.5 Å². The standard InChI is InChI=1S/C14H10ClFN2O2/c15-13-6-5-11(7-12(13)14(19)20)18-17-8-9-1-3-10(16)4-2-9/h1-8,18H,(H,19,20)/p-1/b17-8-. The highest BCUT2D eigenvalue weighted by molar-refractivity contribution is 6.33. The van der Waals surface area contributed by atoms with Gasteiger partial charge in [-0.25, -0.2) is 4.39 Å². The molecule has 20 heavy (non-hydrogen) atoms. The Labute approximate surface area is 119 Å². The second kappa shape index (κ2) is 6.16. The molecule has 0 saturated carbocycles. The van der Waals surface area contributed by atoms with Crippen LogP contribution < -0.4 is 10.5 Å². The molecule has 0 amide bonds. The largest absolute Gasteiger partial charge is 0.545 e. The quantitative estimate of drug-likeness (QED) is 0.694. The summed E-state index contributed by atoms with van der Waals surface area (Å²) in [5, 5.41) is 14.8. The van der Waals surface area contributed by atoms with Gasteiger partial charge in [-0.1, -0.05) is 23.7 Å². The third kappa shape index (κ3) is 3.55. The summed E-state index contributed by atoms with van der Waals surface area (Å²) in [5.41, 5.74) is 3.69. The first-order chi connectivity index (χ1) is 9.56. The Morgan fingerprint density at radius 3 is 2.60 bits per heavy atom. The van der Waals surface area contributed by atoms with Crippen molar-refractivity contribution in [2.24, 2.45) is 5.10 Å². The molecule has 1 N–H and O–H groups in total. The summed E-state index contributed by atoms with van der Waals surface area (Å²) in [6.07, 6.45) is 1.48. The molecule has 0 bridgehead atoms. The van der Waals surface area contributed by atoms with Gasteiger partial charge in [0.15, 0.2) is 0 Å². The maximum absolute atomic E-state index is 12.7. The fourth-order valence-electron chi connectivity index (χ4n) is 1.48. The van der Waals surface area contributed by atoms with E-state index in [-0.39, 0.29) is 16.4 Å². The van der Waals surface area contributed by atoms with Crippen molar-refractivity contribution in [3.8, 4) is 0 Å². The summed E-state index contributed by atoms with van der Waals surface area (Å²) in [4.78, 5) is 10.8. The Kier molecular flexibility index (Phi) is 4.32. The van der Waals surface area contributed by atoms with Gasteiger partial charge in [-0.2, -0.15) is 5.10 Å². The van der Waals surface area contributed by atoms with Crippen molar-refractivity contribution < 1.29 is 14.3 Å². The summed E-state index contributed by atoms with van der Waals surface area (Å²) in [6, 6.07) is 10.1. The first-order valence-electron chi connectivity index (χ1n) is 5.62. The lowest BCUT2D eigenvalue weighted by atomic mass is 10.2. The van der Waals surface area contributed by atoms with E-state index >= 15 is 0 Å². The summed E-state index contributed by atoms with van der Waals surface area (Å²) in [5.74, 6) is -1.69. The number of hydrazone groups is 1. The topological polar surface area (TPSA) is 64.5 Å². The van der Waals surface area contributed by atoms with Crippen LogP contribution in [-0.2, 0) is 0 Å². The third-order valence-corrected chi connectivity index (χ3v) is 2.79. The smallest absolute Gasteiger partial charge is 0.123 e. The number of carboxylic acids is 1. The molecule has 2 rings (SSSR count). The van der Waals surface area contributed by atoms with E-state index in [1.807, 2.05) is 0 Å². The summed E-state index contributed by atoms with van der Waals surface area (Å²) >= 11 is 5.71. The first kappa shape index (κ1) is 14.0. The van der Waals surface area contributed by atoms with Crippen LogP contribution in [-0.4, -0.2) is 12.2 Å². The average Bonchev–Trinajstić information content (AvgIpc) is 2.42. The minimum absolute atomic E-state index is 0.0954. The molecule has 0 aromatic heterocycles. The summed E-state index contributed by atoms with van der Waals surface area (Å²) < 4.78 is 12.7. The van der Waals surface area contributed by atoms with Gasteiger partial charge in [-0.05, 0) is 35.9 Å². The molecule has 6 heteroatoms. The molecule has 0 fully saturated rings. The molecule has 0 radical (unpaired) electrons. The molecule has 0 spiro atoms. The second-order valence-electron chi connectivity index (χ2n) is 3.90. The number of hydrogen-bond acceptors (Lipinski definition) is 4. The lowest BCUT2D eigenvalue weighted by molar-refractivity contribution is -0.255. The summed E-state index contributed by atoms with van der Waals surface area (Å²) in [6.45, 7) is 0. The number of hydrogen-bond donors (Lipinski definition) is 1. The highest BCUT2D eigenvalue weighted by Gasteiger charge is 2.02. The first-order valence-corrected chi connectivity index (χ1v) is 5.99. The number of carbonyl (C=O) groups is 1. The maximum Gasteiger partial charge on any atom is 0.123 e. The number of anilines is 1. The van der Waals surface area contributed by atoms with Gasteiger partial charge < -0.3 is 9.90 Å². The predicted octanol–water partition coefficient (Wildman–Crippen LogP) is 2.29. The van der Waals surface area contributed by atoms with Gasteiger partial charge in [0, 0.05) is 10.6 Å². The number of nitrogens with one attached hydrogen (secondary N) is 1. The molecule has 2 aromatic carbocycles. The molecule has 0 aliphatic heterocycles. The molecule has 0 atom stereocenters. The Morgan fingerprint density at radius 1 is 1.25 bits per heavy atom. The van der Waals surface area contributed by atoms with E-state index in [1.165, 1.54) is 30.5 Å². The third-order valence-electron chi connectivity index (χ3n) is 2.46. The van der Waals surface area contributed by atoms with Crippen LogP contribution in [0.4, 0.5) is 10.1 Å². The Bertz CT molecular complexity index is 657. The van der Waals surface area contributed by atoms with Crippen LogP contribution in [0.2, 0.25) is 5.02 Å². The van der Waals surface area contributed by atoms with Crippen LogP contribution in [0.5, 0.6) is 0 Å². The second-order valence-corrected chi connectivity index (χ2v) is 4.31. The Morgan fingerprint density at radius 2 is 1.95 bits per heavy atom. The van der Waals surface area contributed by atoms with E-state index in [1.54, 1.807) is 18.2 Å². The molecule has 0 aliphatic rings. The lowest BCUT2D eigenvalue weighted by Gasteiger charge is -2.07. The number of rotatable bonds is 4. The SMILES string of the molecule is O=C([O-])c1cc(N/N=C\c2ccc(F)cc2)ccc1Cl. The molecular formula is C14H9ClFN2O2-. The van der Waals surface area contributed by atoms with E-state index in [9.17, 15) is 14.3 Å². The summed E-state index contributed by atoms with van der Waals surface area (Å²) in [7, 11) is 0. The minimum atomic E-state index is -1.36. The highest BCUT2D eigenvalue weighted by atomic mass is 35.5. The number of aromatic carboxylic acids is 1. The Hall–Kier alpha value is -2.40. The van der Waals surface area contributed by atoms with E-state index in [0.717, 1.165) is 0 Å². The molecule has 0 unspecified atom stereocenters. The van der Waals surface area contributed by atoms with Crippen LogP contribution >= 0.6 is 11.6 Å². The molecule has 4 nitrogen and oxygen atoms in total. The van der Waals surface area contributed by atoms with E-state index < -0.39 is 5.97 Å². The Balaban J connectivity index is 2.09. The zero-order chi connectivity index (χ0) is 14.5. The molecular weight excluding hydrogens is 283 g/mol. The zero-order valence-electron chi connectivity index (χ0n) is 10.1. The van der Waals surface area contributed by atoms with Crippen LogP contribution in [0, 0.1) is 5.82 Å². The van der Waals surface area contributed by atoms with Crippen molar-refractivity contribution in [1.29, 1.82) is 0 Å².